The monoisotopic (exact) mass is 471 g/mol. The lowest BCUT2D eigenvalue weighted by atomic mass is 9.96. The molecule has 1 aromatic carbocycles. The topological polar surface area (TPSA) is 92.8 Å². The number of aryl methyl sites for hydroxylation is 1. The second kappa shape index (κ2) is 10.1. The maximum Gasteiger partial charge on any atom is 0.235 e. The summed E-state index contributed by atoms with van der Waals surface area (Å²) in [5, 5.41) is 22.0. The van der Waals surface area contributed by atoms with Gasteiger partial charge in [-0.05, 0) is 50.3 Å². The van der Waals surface area contributed by atoms with E-state index in [9.17, 15) is 14.4 Å². The number of thiophene rings is 1. The Kier molecular flexibility index (Phi) is 7.07. The van der Waals surface area contributed by atoms with Gasteiger partial charge in [-0.3, -0.25) is 4.79 Å². The Bertz CT molecular complexity index is 1170. The van der Waals surface area contributed by atoms with E-state index in [-0.39, 0.29) is 24.0 Å². The molecule has 0 saturated carbocycles. The van der Waals surface area contributed by atoms with E-state index in [0.29, 0.717) is 28.1 Å². The Morgan fingerprint density at radius 1 is 1.34 bits per heavy atom. The van der Waals surface area contributed by atoms with Crippen LogP contribution in [0.1, 0.15) is 41.6 Å². The van der Waals surface area contributed by atoms with Crippen molar-refractivity contribution in [3.63, 3.8) is 0 Å². The molecule has 0 saturated heterocycles. The lowest BCUT2D eigenvalue weighted by Gasteiger charge is -2.09. The lowest BCUT2D eigenvalue weighted by molar-refractivity contribution is -0.113. The number of hydrogen-bond donors (Lipinski definition) is 1. The van der Waals surface area contributed by atoms with Crippen LogP contribution in [0.25, 0.3) is 0 Å². The fourth-order valence-corrected chi connectivity index (χ4v) is 5.70. The number of fused-ring (bicyclic) bond motifs is 1. The predicted molar refractivity (Wildman–Crippen MR) is 121 cm³/mol. The third kappa shape index (κ3) is 4.79. The molecule has 10 heteroatoms. The van der Waals surface area contributed by atoms with Gasteiger partial charge in [0, 0.05) is 11.4 Å². The molecule has 0 bridgehead atoms. The number of hydrogen-bond acceptors (Lipinski definition) is 7. The van der Waals surface area contributed by atoms with Crippen LogP contribution >= 0.6 is 23.1 Å². The van der Waals surface area contributed by atoms with E-state index >= 15 is 0 Å². The number of ether oxygens (including phenoxy) is 1. The summed E-state index contributed by atoms with van der Waals surface area (Å²) < 4.78 is 21.1. The minimum absolute atomic E-state index is 0.0702. The average molecular weight is 472 g/mol. The van der Waals surface area contributed by atoms with Crippen LogP contribution in [0.5, 0.6) is 5.75 Å². The molecule has 32 heavy (non-hydrogen) atoms. The highest BCUT2D eigenvalue weighted by Gasteiger charge is 2.22. The third-order valence-electron chi connectivity index (χ3n) is 5.17. The van der Waals surface area contributed by atoms with Crippen molar-refractivity contribution in [3.05, 3.63) is 51.9 Å². The van der Waals surface area contributed by atoms with E-state index in [0.717, 1.165) is 31.2 Å². The molecular formula is C22H22FN5O2S2. The minimum atomic E-state index is -0.437. The van der Waals surface area contributed by atoms with Gasteiger partial charge in [-0.1, -0.05) is 23.9 Å². The second-order valence-electron chi connectivity index (χ2n) is 7.23. The zero-order valence-corrected chi connectivity index (χ0v) is 19.2. The van der Waals surface area contributed by atoms with Crippen LogP contribution in [0.15, 0.2) is 29.4 Å². The van der Waals surface area contributed by atoms with Gasteiger partial charge in [0.15, 0.2) is 22.5 Å². The molecule has 7 nitrogen and oxygen atoms in total. The largest absolute Gasteiger partial charge is 0.483 e. The van der Waals surface area contributed by atoms with Crippen molar-refractivity contribution in [1.82, 2.24) is 14.8 Å². The van der Waals surface area contributed by atoms with Crippen LogP contribution in [0.2, 0.25) is 0 Å². The van der Waals surface area contributed by atoms with E-state index < -0.39 is 5.82 Å². The van der Waals surface area contributed by atoms with Gasteiger partial charge in [0.05, 0.1) is 11.3 Å². The number of nitrogens with zero attached hydrogens (tertiary/aromatic N) is 4. The second-order valence-corrected chi connectivity index (χ2v) is 9.27. The van der Waals surface area contributed by atoms with Gasteiger partial charge < -0.3 is 14.6 Å². The van der Waals surface area contributed by atoms with Crippen LogP contribution in [-0.2, 0) is 30.8 Å². The summed E-state index contributed by atoms with van der Waals surface area (Å²) in [5.41, 5.74) is 1.70. The molecule has 1 amide bonds. The molecule has 1 N–H and O–H groups in total. The summed E-state index contributed by atoms with van der Waals surface area (Å²) in [4.78, 5) is 13.8. The summed E-state index contributed by atoms with van der Waals surface area (Å²) in [6.07, 6.45) is 4.07. The van der Waals surface area contributed by atoms with Crippen molar-refractivity contribution < 1.29 is 13.9 Å². The Balaban J connectivity index is 1.38. The van der Waals surface area contributed by atoms with Gasteiger partial charge in [0.2, 0.25) is 5.91 Å². The number of carbonyl (C=O) groups excluding carboxylic acids is 1. The fourth-order valence-electron chi connectivity index (χ4n) is 3.62. The van der Waals surface area contributed by atoms with E-state index in [2.05, 4.69) is 21.6 Å². The highest BCUT2D eigenvalue weighted by atomic mass is 32.2. The summed E-state index contributed by atoms with van der Waals surface area (Å²) in [6.45, 7) is 2.60. The molecule has 0 unspecified atom stereocenters. The molecule has 0 fully saturated rings. The Morgan fingerprint density at radius 3 is 2.94 bits per heavy atom. The predicted octanol–water partition coefficient (Wildman–Crippen LogP) is 4.56. The fraction of sp³-hybridized carbons (Fsp3) is 0.364. The van der Waals surface area contributed by atoms with Gasteiger partial charge >= 0.3 is 0 Å². The molecule has 1 aliphatic carbocycles. The molecule has 166 valence electrons. The number of nitriles is 1. The van der Waals surface area contributed by atoms with Crippen molar-refractivity contribution in [2.45, 2.75) is 50.9 Å². The summed E-state index contributed by atoms with van der Waals surface area (Å²) in [6, 6.07) is 8.45. The summed E-state index contributed by atoms with van der Waals surface area (Å²) >= 11 is 2.77. The lowest BCUT2D eigenvalue weighted by Crippen LogP contribution is -2.15. The molecule has 3 aromatic rings. The Hall–Kier alpha value is -2.90. The SMILES string of the molecule is CCn1c(COc2ccccc2F)nnc1SCC(=O)Nc1sc2c(c1C#N)CCCC2. The molecule has 2 aromatic heterocycles. The number of amides is 1. The Morgan fingerprint density at radius 2 is 2.16 bits per heavy atom. The van der Waals surface area contributed by atoms with Crippen molar-refractivity contribution in [2.75, 3.05) is 11.1 Å². The number of benzene rings is 1. The summed E-state index contributed by atoms with van der Waals surface area (Å²) in [5.74, 6) is 0.211. The number of anilines is 1. The third-order valence-corrected chi connectivity index (χ3v) is 7.35. The van der Waals surface area contributed by atoms with Crippen molar-refractivity contribution in [1.29, 1.82) is 5.26 Å². The van der Waals surface area contributed by atoms with Gasteiger partial charge in [0.25, 0.3) is 0 Å². The smallest absolute Gasteiger partial charge is 0.235 e. The van der Waals surface area contributed by atoms with Crippen LogP contribution in [0.4, 0.5) is 9.39 Å². The van der Waals surface area contributed by atoms with Crippen LogP contribution in [-0.4, -0.2) is 26.4 Å². The minimum Gasteiger partial charge on any atom is -0.483 e. The molecule has 2 heterocycles. The number of para-hydroxylation sites is 1. The summed E-state index contributed by atoms with van der Waals surface area (Å²) in [7, 11) is 0. The van der Waals surface area contributed by atoms with E-state index in [1.807, 2.05) is 11.5 Å². The number of carbonyl (C=O) groups is 1. The average Bonchev–Trinajstić information content (AvgIpc) is 3.36. The Labute approximate surface area is 193 Å². The van der Waals surface area contributed by atoms with Crippen LogP contribution in [0, 0.1) is 17.1 Å². The van der Waals surface area contributed by atoms with Gasteiger partial charge in [0.1, 0.15) is 17.7 Å². The highest BCUT2D eigenvalue weighted by Crippen LogP contribution is 2.37. The highest BCUT2D eigenvalue weighted by molar-refractivity contribution is 7.99. The van der Waals surface area contributed by atoms with Gasteiger partial charge in [-0.15, -0.1) is 21.5 Å². The maximum absolute atomic E-state index is 13.8. The van der Waals surface area contributed by atoms with Crippen molar-refractivity contribution in [2.24, 2.45) is 0 Å². The first-order chi connectivity index (χ1) is 15.6. The zero-order chi connectivity index (χ0) is 22.5. The van der Waals surface area contributed by atoms with E-state index in [1.165, 1.54) is 34.0 Å². The first kappa shape index (κ1) is 22.3. The molecule has 0 aliphatic heterocycles. The zero-order valence-electron chi connectivity index (χ0n) is 17.6. The van der Waals surface area contributed by atoms with E-state index in [4.69, 9.17) is 4.74 Å². The van der Waals surface area contributed by atoms with Gasteiger partial charge in [-0.25, -0.2) is 4.39 Å². The number of halogens is 1. The van der Waals surface area contributed by atoms with Crippen molar-refractivity contribution >= 4 is 34.0 Å². The molecule has 0 atom stereocenters. The molecular weight excluding hydrogens is 449 g/mol. The first-order valence-corrected chi connectivity index (χ1v) is 12.2. The van der Waals surface area contributed by atoms with Crippen molar-refractivity contribution in [3.8, 4) is 11.8 Å². The normalized spacial score (nSPS) is 12.8. The van der Waals surface area contributed by atoms with Crippen LogP contribution < -0.4 is 10.1 Å². The van der Waals surface area contributed by atoms with Gasteiger partial charge in [-0.2, -0.15) is 5.26 Å². The molecule has 1 aliphatic rings. The molecule has 0 spiro atoms. The molecule has 4 rings (SSSR count). The first-order valence-electron chi connectivity index (χ1n) is 10.4. The number of nitrogens with one attached hydrogen (secondary N) is 1. The quantitative estimate of drug-likeness (QED) is 0.484. The number of rotatable bonds is 8. The standard InChI is InChI=1S/C22H22FN5O2S2/c1-2-28-19(12-30-17-9-5-4-8-16(17)23)26-27-22(28)31-13-20(29)25-21-15(11-24)14-7-3-6-10-18(14)32-21/h4-5,8-9H,2-3,6-7,10,12-13H2,1H3,(H,25,29). The maximum atomic E-state index is 13.8. The molecule has 0 radical (unpaired) electrons. The van der Waals surface area contributed by atoms with Crippen LogP contribution in [0.3, 0.4) is 0 Å². The number of thioether (sulfide) groups is 1. The van der Waals surface area contributed by atoms with E-state index in [1.54, 1.807) is 18.2 Å². The number of aromatic nitrogens is 3.